The zero-order chi connectivity index (χ0) is 20.8. The zero-order valence-corrected chi connectivity index (χ0v) is 17.4. The number of H-pyrrole nitrogens is 1. The van der Waals surface area contributed by atoms with Crippen LogP contribution < -0.4 is 5.56 Å². The highest BCUT2D eigenvalue weighted by atomic mass is 32.1. The number of ketones is 1. The van der Waals surface area contributed by atoms with E-state index in [1.54, 1.807) is 17.5 Å². The fraction of sp³-hybridized carbons (Fsp3) is 0.174. The predicted molar refractivity (Wildman–Crippen MR) is 119 cm³/mol. The lowest BCUT2D eigenvalue weighted by atomic mass is 9.78. The van der Waals surface area contributed by atoms with Crippen LogP contribution in [0, 0.1) is 0 Å². The Morgan fingerprint density at radius 1 is 1.17 bits per heavy atom. The van der Waals surface area contributed by atoms with Gasteiger partial charge >= 0.3 is 0 Å². The first-order chi connectivity index (χ1) is 14.5. The van der Waals surface area contributed by atoms with Crippen molar-refractivity contribution in [3.8, 4) is 5.69 Å². The largest absolute Gasteiger partial charge is 0.383 e. The lowest BCUT2D eigenvalue weighted by Crippen LogP contribution is -2.25. The number of hydrogen-bond donors (Lipinski definition) is 1. The van der Waals surface area contributed by atoms with Crippen LogP contribution in [0.4, 0.5) is 0 Å². The lowest BCUT2D eigenvalue weighted by Gasteiger charge is -2.27. The van der Waals surface area contributed by atoms with Crippen molar-refractivity contribution < 1.29 is 4.79 Å². The Bertz CT molecular complexity index is 1330. The molecular weight excluding hydrogens is 396 g/mol. The molecule has 0 bridgehead atoms. The van der Waals surface area contributed by atoms with Gasteiger partial charge in [0, 0.05) is 48.4 Å². The number of nitrogens with zero attached hydrogens (tertiary/aromatic N) is 3. The van der Waals surface area contributed by atoms with Gasteiger partial charge in [-0.05, 0) is 35.6 Å². The smallest absolute Gasteiger partial charge is 0.281 e. The van der Waals surface area contributed by atoms with Crippen LogP contribution in [-0.4, -0.2) is 39.5 Å². The Kier molecular flexibility index (Phi) is 4.40. The highest BCUT2D eigenvalue weighted by Crippen LogP contribution is 2.40. The topological polar surface area (TPSA) is 71.0 Å². The van der Waals surface area contributed by atoms with E-state index in [1.807, 2.05) is 67.0 Å². The normalized spacial score (nSPS) is 17.5. The molecule has 3 heterocycles. The molecule has 0 spiro atoms. The molecule has 30 heavy (non-hydrogen) atoms. The number of rotatable bonds is 3. The molecule has 7 heteroatoms. The van der Waals surface area contributed by atoms with Gasteiger partial charge in [0.25, 0.3) is 5.56 Å². The van der Waals surface area contributed by atoms with Gasteiger partial charge in [-0.1, -0.05) is 24.3 Å². The van der Waals surface area contributed by atoms with Gasteiger partial charge in [-0.2, -0.15) is 0 Å². The van der Waals surface area contributed by atoms with Crippen LogP contribution in [0.3, 0.4) is 0 Å². The van der Waals surface area contributed by atoms with Crippen molar-refractivity contribution >= 4 is 28.2 Å². The van der Waals surface area contributed by atoms with Crippen molar-refractivity contribution in [3.05, 3.63) is 92.2 Å². The maximum Gasteiger partial charge on any atom is 0.281 e. The molecule has 0 unspecified atom stereocenters. The molecule has 5 rings (SSSR count). The highest BCUT2D eigenvalue weighted by Gasteiger charge is 2.35. The quantitative estimate of drug-likeness (QED) is 0.517. The van der Waals surface area contributed by atoms with Crippen molar-refractivity contribution in [1.29, 1.82) is 0 Å². The second kappa shape index (κ2) is 7.11. The molecular formula is C23H20N4O2S. The van der Waals surface area contributed by atoms with E-state index in [1.165, 1.54) is 4.68 Å². The number of pyridine rings is 1. The molecule has 6 nitrogen and oxygen atoms in total. The molecule has 0 aliphatic heterocycles. The van der Waals surface area contributed by atoms with E-state index >= 15 is 0 Å². The summed E-state index contributed by atoms with van der Waals surface area (Å²) in [4.78, 5) is 34.2. The number of Topliss-reactive ketones (excluding diaryl/α,β-unsaturated/α-hetero) is 1. The molecule has 1 aliphatic carbocycles. The fourth-order valence-corrected chi connectivity index (χ4v) is 4.94. The standard InChI is InChI=1S/C23H20N4O2S/c1-26(2)13-18-15(19-9-6-10-30-19)11-16-17(21(18)28)12-24-22-20(16)23(29)27(25-22)14-7-4-3-5-8-14/h3-10,12-13,15H,11H2,1-2H3,(H,24,25)/b18-13-/t15-/m1/s1. The molecule has 4 aromatic rings. The number of allylic oxidation sites excluding steroid dienone is 1. The van der Waals surface area contributed by atoms with Gasteiger partial charge in [0.15, 0.2) is 11.4 Å². The Morgan fingerprint density at radius 2 is 1.97 bits per heavy atom. The van der Waals surface area contributed by atoms with Gasteiger partial charge in [0.05, 0.1) is 11.1 Å². The third-order valence-corrected chi connectivity index (χ3v) is 6.40. The molecule has 0 saturated heterocycles. The van der Waals surface area contributed by atoms with E-state index in [0.717, 1.165) is 21.7 Å². The van der Waals surface area contributed by atoms with E-state index in [4.69, 9.17) is 0 Å². The Labute approximate surface area is 177 Å². The third-order valence-electron chi connectivity index (χ3n) is 5.41. The van der Waals surface area contributed by atoms with Gasteiger partial charge in [-0.3, -0.25) is 14.7 Å². The van der Waals surface area contributed by atoms with Gasteiger partial charge in [0.2, 0.25) is 0 Å². The SMILES string of the molecule is CN(C)/C=C1\C(=O)c2cnc3[nH]n(-c4ccccc4)c(=O)c3c2C[C@H]1c1cccs1. The Hall–Kier alpha value is -3.45. The minimum atomic E-state index is -0.182. The first-order valence-electron chi connectivity index (χ1n) is 9.69. The average Bonchev–Trinajstić information content (AvgIpc) is 3.39. The van der Waals surface area contributed by atoms with Crippen LogP contribution in [-0.2, 0) is 6.42 Å². The van der Waals surface area contributed by atoms with E-state index in [9.17, 15) is 9.59 Å². The second-order valence-electron chi connectivity index (χ2n) is 7.61. The molecule has 0 fully saturated rings. The number of thiophene rings is 1. The molecule has 3 aromatic heterocycles. The van der Waals surface area contributed by atoms with Crippen molar-refractivity contribution in [1.82, 2.24) is 19.7 Å². The van der Waals surface area contributed by atoms with E-state index in [-0.39, 0.29) is 17.3 Å². The summed E-state index contributed by atoms with van der Waals surface area (Å²) in [5.41, 5.74) is 3.07. The summed E-state index contributed by atoms with van der Waals surface area (Å²) in [5, 5.41) is 5.61. The minimum Gasteiger partial charge on any atom is -0.383 e. The molecule has 1 atom stereocenters. The van der Waals surface area contributed by atoms with Crippen molar-refractivity contribution in [2.75, 3.05) is 14.1 Å². The number of hydrogen-bond acceptors (Lipinski definition) is 5. The van der Waals surface area contributed by atoms with Gasteiger partial charge < -0.3 is 4.90 Å². The molecule has 0 saturated carbocycles. The van der Waals surface area contributed by atoms with E-state index in [0.29, 0.717) is 23.0 Å². The first kappa shape index (κ1) is 18.6. The van der Waals surface area contributed by atoms with Crippen LogP contribution in [0.25, 0.3) is 16.7 Å². The molecule has 150 valence electrons. The number of aromatic nitrogens is 3. The monoisotopic (exact) mass is 416 g/mol. The van der Waals surface area contributed by atoms with Crippen LogP contribution in [0.5, 0.6) is 0 Å². The van der Waals surface area contributed by atoms with Crippen LogP contribution >= 0.6 is 11.3 Å². The number of carbonyl (C=O) groups excluding carboxylic acids is 1. The number of aromatic amines is 1. The molecule has 1 aliphatic rings. The Morgan fingerprint density at radius 3 is 2.67 bits per heavy atom. The number of nitrogens with one attached hydrogen (secondary N) is 1. The fourth-order valence-electron chi connectivity index (χ4n) is 4.10. The summed E-state index contributed by atoms with van der Waals surface area (Å²) in [6, 6.07) is 13.4. The molecule has 1 aromatic carbocycles. The van der Waals surface area contributed by atoms with Gasteiger partial charge in [-0.15, -0.1) is 11.3 Å². The summed E-state index contributed by atoms with van der Waals surface area (Å²) in [6.07, 6.45) is 4.07. The maximum absolute atomic E-state index is 13.4. The lowest BCUT2D eigenvalue weighted by molar-refractivity contribution is 0.102. The van der Waals surface area contributed by atoms with Gasteiger partial charge in [-0.25, -0.2) is 9.67 Å². The molecule has 1 N–H and O–H groups in total. The van der Waals surface area contributed by atoms with Crippen molar-refractivity contribution in [2.45, 2.75) is 12.3 Å². The van der Waals surface area contributed by atoms with E-state index in [2.05, 4.69) is 16.1 Å². The summed E-state index contributed by atoms with van der Waals surface area (Å²) >= 11 is 1.63. The average molecular weight is 417 g/mol. The third kappa shape index (κ3) is 2.90. The van der Waals surface area contributed by atoms with Crippen LogP contribution in [0.1, 0.15) is 26.7 Å². The summed E-state index contributed by atoms with van der Waals surface area (Å²) in [5.74, 6) is -0.151. The second-order valence-corrected chi connectivity index (χ2v) is 8.59. The molecule has 0 radical (unpaired) electrons. The van der Waals surface area contributed by atoms with Crippen molar-refractivity contribution in [2.24, 2.45) is 0 Å². The number of benzene rings is 1. The Balaban J connectivity index is 1.74. The zero-order valence-electron chi connectivity index (χ0n) is 16.6. The van der Waals surface area contributed by atoms with E-state index < -0.39 is 0 Å². The summed E-state index contributed by atoms with van der Waals surface area (Å²) in [7, 11) is 3.82. The van der Waals surface area contributed by atoms with Crippen LogP contribution in [0.2, 0.25) is 0 Å². The first-order valence-corrected chi connectivity index (χ1v) is 10.6. The van der Waals surface area contributed by atoms with Crippen LogP contribution in [0.15, 0.2) is 70.6 Å². The minimum absolute atomic E-state index is 0.0652. The highest BCUT2D eigenvalue weighted by molar-refractivity contribution is 7.10. The molecule has 0 amide bonds. The summed E-state index contributed by atoms with van der Waals surface area (Å²) in [6.45, 7) is 0. The predicted octanol–water partition coefficient (Wildman–Crippen LogP) is 3.74. The van der Waals surface area contributed by atoms with Gasteiger partial charge in [0.1, 0.15) is 0 Å². The number of para-hydroxylation sites is 1. The number of carbonyl (C=O) groups is 1. The number of fused-ring (bicyclic) bond motifs is 3. The maximum atomic E-state index is 13.4. The van der Waals surface area contributed by atoms with Crippen molar-refractivity contribution in [3.63, 3.8) is 0 Å². The summed E-state index contributed by atoms with van der Waals surface area (Å²) < 4.78 is 1.49.